The van der Waals surface area contributed by atoms with E-state index in [2.05, 4.69) is 11.1 Å². The Morgan fingerprint density at radius 3 is 2.89 bits per heavy atom. The molecule has 3 rings (SSSR count). The number of hydrogen-bond donors (Lipinski definition) is 0. The van der Waals surface area contributed by atoms with Gasteiger partial charge in [0, 0.05) is 11.1 Å². The number of carbonyl (C=O) groups excluding carboxylic acids is 1. The van der Waals surface area contributed by atoms with Crippen LogP contribution in [0.25, 0.3) is 0 Å². The van der Waals surface area contributed by atoms with Gasteiger partial charge in [0.1, 0.15) is 0 Å². The van der Waals surface area contributed by atoms with Gasteiger partial charge in [0.2, 0.25) is 0 Å². The van der Waals surface area contributed by atoms with Crippen molar-refractivity contribution in [3.05, 3.63) is 51.5 Å². The van der Waals surface area contributed by atoms with Gasteiger partial charge in [-0.15, -0.1) is 11.3 Å². The number of nitrogens with zero attached hydrogens (tertiary/aromatic N) is 1. The summed E-state index contributed by atoms with van der Waals surface area (Å²) in [6.45, 7) is 1.95. The predicted octanol–water partition coefficient (Wildman–Crippen LogP) is 4.01. The van der Waals surface area contributed by atoms with Gasteiger partial charge in [-0.25, -0.2) is 0 Å². The minimum Gasteiger partial charge on any atom is -0.293 e. The van der Waals surface area contributed by atoms with Crippen molar-refractivity contribution in [1.82, 2.24) is 4.98 Å². The van der Waals surface area contributed by atoms with Crippen LogP contribution in [0.15, 0.2) is 30.5 Å². The van der Waals surface area contributed by atoms with Crippen LogP contribution in [0.3, 0.4) is 0 Å². The van der Waals surface area contributed by atoms with Crippen molar-refractivity contribution in [2.45, 2.75) is 38.5 Å². The second-order valence-corrected chi connectivity index (χ2v) is 6.24. The second kappa shape index (κ2) is 5.25. The number of rotatable bonds is 3. The summed E-state index contributed by atoms with van der Waals surface area (Å²) in [4.78, 5) is 19.2. The molecule has 2 heterocycles. The normalized spacial score (nSPS) is 15.8. The molecular formula is C16H17NOS. The number of pyridine rings is 1. The lowest BCUT2D eigenvalue weighted by atomic mass is 9.97. The van der Waals surface area contributed by atoms with Crippen molar-refractivity contribution in [3.8, 4) is 0 Å². The number of thiophene rings is 1. The first-order chi connectivity index (χ1) is 9.25. The average molecular weight is 271 g/mol. The van der Waals surface area contributed by atoms with Crippen LogP contribution < -0.4 is 0 Å². The Morgan fingerprint density at radius 2 is 2.16 bits per heavy atom. The molecule has 0 saturated heterocycles. The van der Waals surface area contributed by atoms with E-state index >= 15 is 0 Å². The Labute approximate surface area is 117 Å². The van der Waals surface area contributed by atoms with E-state index in [4.69, 9.17) is 0 Å². The first-order valence-electron chi connectivity index (χ1n) is 6.82. The van der Waals surface area contributed by atoms with E-state index < -0.39 is 0 Å². The van der Waals surface area contributed by atoms with Crippen molar-refractivity contribution >= 4 is 17.1 Å². The summed E-state index contributed by atoms with van der Waals surface area (Å²) in [6, 6.07) is 7.85. The lowest BCUT2D eigenvalue weighted by Gasteiger charge is -2.08. The van der Waals surface area contributed by atoms with Gasteiger partial charge in [0.05, 0.1) is 16.5 Å². The first-order valence-corrected chi connectivity index (χ1v) is 7.64. The molecule has 0 bridgehead atoms. The summed E-state index contributed by atoms with van der Waals surface area (Å²) in [6.07, 6.45) is 6.55. The summed E-state index contributed by atoms with van der Waals surface area (Å²) < 4.78 is 0. The number of ketones is 1. The van der Waals surface area contributed by atoms with E-state index in [0.29, 0.717) is 0 Å². The molecule has 2 nitrogen and oxygen atoms in total. The number of Topliss-reactive ketones (excluding diaryl/α,β-unsaturated/α-hetero) is 1. The molecule has 2 aromatic heterocycles. The molecule has 0 aliphatic heterocycles. The van der Waals surface area contributed by atoms with Crippen molar-refractivity contribution in [2.75, 3.05) is 0 Å². The number of aryl methyl sites for hydroxylation is 2. The van der Waals surface area contributed by atoms with Gasteiger partial charge in [-0.05, 0) is 56.4 Å². The molecule has 98 valence electrons. The average Bonchev–Trinajstić information content (AvgIpc) is 2.90. The molecule has 19 heavy (non-hydrogen) atoms. The lowest BCUT2D eigenvalue weighted by Crippen LogP contribution is -2.09. The van der Waals surface area contributed by atoms with Crippen LogP contribution >= 0.6 is 11.3 Å². The van der Waals surface area contributed by atoms with Crippen LogP contribution in [-0.4, -0.2) is 10.8 Å². The predicted molar refractivity (Wildman–Crippen MR) is 77.9 cm³/mol. The van der Waals surface area contributed by atoms with Gasteiger partial charge in [0.15, 0.2) is 5.78 Å². The largest absolute Gasteiger partial charge is 0.293 e. The topological polar surface area (TPSA) is 30.0 Å². The minimum absolute atomic E-state index is 0.152. The van der Waals surface area contributed by atoms with E-state index in [9.17, 15) is 4.79 Å². The monoisotopic (exact) mass is 271 g/mol. The lowest BCUT2D eigenvalue weighted by molar-refractivity contribution is 0.0968. The van der Waals surface area contributed by atoms with Crippen molar-refractivity contribution in [3.63, 3.8) is 0 Å². The quantitative estimate of drug-likeness (QED) is 0.790. The van der Waals surface area contributed by atoms with Crippen molar-refractivity contribution in [1.29, 1.82) is 0 Å². The van der Waals surface area contributed by atoms with E-state index in [1.165, 1.54) is 23.3 Å². The Hall–Kier alpha value is -1.48. The zero-order chi connectivity index (χ0) is 13.2. The third-order valence-corrected chi connectivity index (χ3v) is 5.02. The number of carbonyl (C=O) groups is 1. The van der Waals surface area contributed by atoms with E-state index in [1.807, 2.05) is 25.1 Å². The Balaban J connectivity index is 1.86. The molecule has 1 aliphatic rings. The Morgan fingerprint density at radius 1 is 1.32 bits per heavy atom. The molecule has 0 radical (unpaired) electrons. The van der Waals surface area contributed by atoms with E-state index in [1.54, 1.807) is 17.5 Å². The van der Waals surface area contributed by atoms with Gasteiger partial charge in [-0.3, -0.25) is 9.78 Å². The number of aromatic nitrogens is 1. The zero-order valence-corrected chi connectivity index (χ0v) is 11.9. The zero-order valence-electron chi connectivity index (χ0n) is 11.1. The minimum atomic E-state index is -0.152. The molecule has 1 atom stereocenters. The molecule has 1 aliphatic carbocycles. The molecule has 0 aromatic carbocycles. The van der Waals surface area contributed by atoms with Gasteiger partial charge in [0.25, 0.3) is 0 Å². The highest BCUT2D eigenvalue weighted by atomic mass is 32.1. The molecule has 0 spiro atoms. The van der Waals surface area contributed by atoms with Crippen LogP contribution in [0.5, 0.6) is 0 Å². The number of fused-ring (bicyclic) bond motifs is 1. The molecule has 0 saturated carbocycles. The maximum Gasteiger partial charge on any atom is 0.181 e. The van der Waals surface area contributed by atoms with E-state index in [0.717, 1.165) is 23.4 Å². The fourth-order valence-electron chi connectivity index (χ4n) is 2.59. The second-order valence-electron chi connectivity index (χ2n) is 5.11. The molecule has 2 aromatic rings. The van der Waals surface area contributed by atoms with Crippen LogP contribution in [0.1, 0.15) is 51.5 Å². The molecular weight excluding hydrogens is 254 g/mol. The molecule has 0 amide bonds. The van der Waals surface area contributed by atoms with Crippen LogP contribution in [0, 0.1) is 0 Å². The fourth-order valence-corrected chi connectivity index (χ4v) is 3.87. The SMILES string of the molecule is CC(C(=O)c1cc2c(s1)CCCC2)c1ccccn1. The molecule has 1 unspecified atom stereocenters. The van der Waals surface area contributed by atoms with Crippen molar-refractivity contribution in [2.24, 2.45) is 0 Å². The highest BCUT2D eigenvalue weighted by Crippen LogP contribution is 2.32. The van der Waals surface area contributed by atoms with Crippen molar-refractivity contribution < 1.29 is 4.79 Å². The standard InChI is InChI=1S/C16H17NOS/c1-11(13-7-4-5-9-17-13)16(18)15-10-12-6-2-3-8-14(12)19-15/h4-5,7,9-11H,2-3,6,8H2,1H3. The van der Waals surface area contributed by atoms with E-state index in [-0.39, 0.29) is 11.7 Å². The van der Waals surface area contributed by atoms with Gasteiger partial charge in [-0.1, -0.05) is 6.07 Å². The van der Waals surface area contributed by atoms with Gasteiger partial charge < -0.3 is 0 Å². The first kappa shape index (κ1) is 12.5. The highest BCUT2D eigenvalue weighted by molar-refractivity contribution is 7.14. The van der Waals surface area contributed by atoms with Gasteiger partial charge >= 0.3 is 0 Å². The summed E-state index contributed by atoms with van der Waals surface area (Å²) in [5, 5.41) is 0. The molecule has 3 heteroatoms. The third-order valence-electron chi connectivity index (χ3n) is 3.76. The molecule has 0 N–H and O–H groups in total. The maximum atomic E-state index is 12.5. The Kier molecular flexibility index (Phi) is 3.47. The summed E-state index contributed by atoms with van der Waals surface area (Å²) in [5.41, 5.74) is 2.26. The fraction of sp³-hybridized carbons (Fsp3) is 0.375. The third kappa shape index (κ3) is 2.47. The molecule has 0 fully saturated rings. The number of hydrogen-bond acceptors (Lipinski definition) is 3. The Bertz CT molecular complexity index is 565. The maximum absolute atomic E-state index is 12.5. The van der Waals surface area contributed by atoms with Crippen LogP contribution in [0.2, 0.25) is 0 Å². The summed E-state index contributed by atoms with van der Waals surface area (Å²) >= 11 is 1.69. The van der Waals surface area contributed by atoms with Crippen LogP contribution in [0.4, 0.5) is 0 Å². The smallest absolute Gasteiger partial charge is 0.181 e. The highest BCUT2D eigenvalue weighted by Gasteiger charge is 2.22. The van der Waals surface area contributed by atoms with Gasteiger partial charge in [-0.2, -0.15) is 0 Å². The van der Waals surface area contributed by atoms with Crippen LogP contribution in [-0.2, 0) is 12.8 Å². The summed E-state index contributed by atoms with van der Waals surface area (Å²) in [7, 11) is 0. The summed E-state index contributed by atoms with van der Waals surface area (Å²) in [5.74, 6) is 0.0550.